The predicted octanol–water partition coefficient (Wildman–Crippen LogP) is 2.83. The van der Waals surface area contributed by atoms with Crippen molar-refractivity contribution >= 4 is 27.5 Å². The molecule has 3 nitrogen and oxygen atoms in total. The van der Waals surface area contributed by atoms with Gasteiger partial charge in [0.1, 0.15) is 0 Å². The highest BCUT2D eigenvalue weighted by atomic mass is 79.9. The molecular formula is C6H3BrClF3N2O. The second-order valence-corrected chi connectivity index (χ2v) is 3.39. The Kier molecular flexibility index (Phi) is 3.54. The Morgan fingerprint density at radius 1 is 1.50 bits per heavy atom. The summed E-state index contributed by atoms with van der Waals surface area (Å²) < 4.78 is 39.9. The first kappa shape index (κ1) is 11.5. The molecule has 0 unspecified atom stereocenters. The monoisotopic (exact) mass is 290 g/mol. The molecule has 0 radical (unpaired) electrons. The minimum Gasteiger partial charge on any atom is -0.467 e. The highest BCUT2D eigenvalue weighted by molar-refractivity contribution is 9.10. The Morgan fingerprint density at radius 3 is 2.71 bits per heavy atom. The van der Waals surface area contributed by atoms with E-state index in [-0.39, 0.29) is 15.6 Å². The molecule has 1 aromatic rings. The first-order chi connectivity index (χ1) is 6.38. The zero-order chi connectivity index (χ0) is 10.8. The molecule has 1 aromatic heterocycles. The molecule has 0 aliphatic heterocycles. The van der Waals surface area contributed by atoms with Crippen LogP contribution in [0.1, 0.15) is 0 Å². The van der Waals surface area contributed by atoms with E-state index < -0.39 is 12.8 Å². The lowest BCUT2D eigenvalue weighted by Gasteiger charge is -2.08. The van der Waals surface area contributed by atoms with E-state index in [1.165, 1.54) is 6.20 Å². The molecule has 14 heavy (non-hydrogen) atoms. The van der Waals surface area contributed by atoms with Crippen LogP contribution < -0.4 is 4.74 Å². The van der Waals surface area contributed by atoms with E-state index in [1.807, 2.05) is 0 Å². The van der Waals surface area contributed by atoms with Gasteiger partial charge in [0, 0.05) is 6.20 Å². The Balaban J connectivity index is 2.72. The van der Waals surface area contributed by atoms with Crippen LogP contribution in [0.4, 0.5) is 13.2 Å². The van der Waals surface area contributed by atoms with Crippen LogP contribution in [0.25, 0.3) is 0 Å². The van der Waals surface area contributed by atoms with Gasteiger partial charge < -0.3 is 4.74 Å². The first-order valence-corrected chi connectivity index (χ1v) is 4.43. The maximum atomic E-state index is 11.8. The van der Waals surface area contributed by atoms with Gasteiger partial charge in [0.25, 0.3) is 0 Å². The van der Waals surface area contributed by atoms with E-state index in [4.69, 9.17) is 11.6 Å². The molecule has 8 heteroatoms. The summed E-state index contributed by atoms with van der Waals surface area (Å²) in [4.78, 5) is 6.99. The molecule has 0 N–H and O–H groups in total. The molecule has 0 saturated carbocycles. The summed E-state index contributed by atoms with van der Waals surface area (Å²) in [5.41, 5.74) is 0. The summed E-state index contributed by atoms with van der Waals surface area (Å²) in [6.45, 7) is -1.42. The van der Waals surface area contributed by atoms with Crippen molar-refractivity contribution in [2.45, 2.75) is 6.18 Å². The molecule has 0 saturated heterocycles. The van der Waals surface area contributed by atoms with Crippen LogP contribution in [-0.4, -0.2) is 22.8 Å². The second kappa shape index (κ2) is 4.31. The molecule has 0 aromatic carbocycles. The van der Waals surface area contributed by atoms with E-state index in [0.29, 0.717) is 0 Å². The third kappa shape index (κ3) is 3.67. The maximum absolute atomic E-state index is 11.8. The summed E-state index contributed by atoms with van der Waals surface area (Å²) in [7, 11) is 0. The molecule has 0 bridgehead atoms. The molecular weight excluding hydrogens is 288 g/mol. The molecule has 0 amide bonds. The van der Waals surface area contributed by atoms with Crippen molar-refractivity contribution in [1.82, 2.24) is 9.97 Å². The predicted molar refractivity (Wildman–Crippen MR) is 46.3 cm³/mol. The van der Waals surface area contributed by atoms with Gasteiger partial charge in [0.15, 0.2) is 6.61 Å². The average molecular weight is 291 g/mol. The standard InChI is InChI=1S/C6H3BrClF3N2O/c7-3-1-12-5(8)13-4(3)14-2-6(9,10)11/h1H,2H2. The van der Waals surface area contributed by atoms with Crippen molar-refractivity contribution in [3.63, 3.8) is 0 Å². The van der Waals surface area contributed by atoms with Gasteiger partial charge in [-0.15, -0.1) is 0 Å². The average Bonchev–Trinajstić information content (AvgIpc) is 2.05. The largest absolute Gasteiger partial charge is 0.467 e. The van der Waals surface area contributed by atoms with Gasteiger partial charge in [0.2, 0.25) is 11.2 Å². The van der Waals surface area contributed by atoms with E-state index in [2.05, 4.69) is 30.6 Å². The molecule has 0 spiro atoms. The lowest BCUT2D eigenvalue weighted by atomic mass is 10.6. The summed E-state index contributed by atoms with van der Waals surface area (Å²) >= 11 is 8.28. The molecule has 78 valence electrons. The first-order valence-electron chi connectivity index (χ1n) is 3.26. The number of hydrogen-bond donors (Lipinski definition) is 0. The van der Waals surface area contributed by atoms with Crippen molar-refractivity contribution in [1.29, 1.82) is 0 Å². The van der Waals surface area contributed by atoms with E-state index in [9.17, 15) is 13.2 Å². The summed E-state index contributed by atoms with van der Waals surface area (Å²) in [6, 6.07) is 0. The van der Waals surface area contributed by atoms with Gasteiger partial charge in [-0.25, -0.2) is 4.98 Å². The van der Waals surface area contributed by atoms with Gasteiger partial charge in [-0.3, -0.25) is 0 Å². The topological polar surface area (TPSA) is 35.0 Å². The third-order valence-electron chi connectivity index (χ3n) is 1.06. The number of ether oxygens (including phenoxy) is 1. The summed E-state index contributed by atoms with van der Waals surface area (Å²) in [5.74, 6) is -0.234. The molecule has 0 aliphatic carbocycles. The number of alkyl halides is 3. The molecule has 0 fully saturated rings. The minimum absolute atomic E-state index is 0.176. The molecule has 0 atom stereocenters. The molecule has 1 heterocycles. The third-order valence-corrected chi connectivity index (χ3v) is 1.78. The Hall–Kier alpha value is -0.560. The Labute approximate surface area is 90.4 Å². The number of aromatic nitrogens is 2. The lowest BCUT2D eigenvalue weighted by molar-refractivity contribution is -0.154. The van der Waals surface area contributed by atoms with Gasteiger partial charge in [-0.05, 0) is 27.5 Å². The van der Waals surface area contributed by atoms with Crippen LogP contribution in [0.15, 0.2) is 10.7 Å². The normalized spacial score (nSPS) is 11.5. The second-order valence-electron chi connectivity index (χ2n) is 2.20. The SMILES string of the molecule is FC(F)(F)COc1nc(Cl)ncc1Br. The van der Waals surface area contributed by atoms with Gasteiger partial charge in [-0.1, -0.05) is 0 Å². The summed E-state index contributed by atoms with van der Waals surface area (Å²) in [6.07, 6.45) is -3.20. The fourth-order valence-electron chi connectivity index (χ4n) is 0.583. The number of nitrogens with zero attached hydrogens (tertiary/aromatic N) is 2. The Morgan fingerprint density at radius 2 is 2.14 bits per heavy atom. The smallest absolute Gasteiger partial charge is 0.422 e. The van der Waals surface area contributed by atoms with Crippen molar-refractivity contribution in [2.75, 3.05) is 6.61 Å². The molecule has 1 rings (SSSR count). The van der Waals surface area contributed by atoms with Gasteiger partial charge >= 0.3 is 6.18 Å². The number of rotatable bonds is 2. The zero-order valence-corrected chi connectivity index (χ0v) is 8.82. The fourth-order valence-corrected chi connectivity index (χ4v) is 1.01. The maximum Gasteiger partial charge on any atom is 0.422 e. The van der Waals surface area contributed by atoms with Crippen LogP contribution >= 0.6 is 27.5 Å². The van der Waals surface area contributed by atoms with Crippen molar-refractivity contribution in [3.8, 4) is 5.88 Å². The number of halogens is 5. The zero-order valence-electron chi connectivity index (χ0n) is 6.48. The fraction of sp³-hybridized carbons (Fsp3) is 0.333. The van der Waals surface area contributed by atoms with Crippen molar-refractivity contribution < 1.29 is 17.9 Å². The van der Waals surface area contributed by atoms with Gasteiger partial charge in [-0.2, -0.15) is 18.2 Å². The number of hydrogen-bond acceptors (Lipinski definition) is 3. The van der Waals surface area contributed by atoms with Crippen molar-refractivity contribution in [3.05, 3.63) is 16.0 Å². The lowest BCUT2D eigenvalue weighted by Crippen LogP contribution is -2.19. The highest BCUT2D eigenvalue weighted by Gasteiger charge is 2.29. The van der Waals surface area contributed by atoms with Crippen molar-refractivity contribution in [2.24, 2.45) is 0 Å². The minimum atomic E-state index is -4.41. The van der Waals surface area contributed by atoms with Crippen LogP contribution in [0.3, 0.4) is 0 Å². The summed E-state index contributed by atoms with van der Waals surface area (Å²) in [5, 5.41) is -0.176. The van der Waals surface area contributed by atoms with E-state index >= 15 is 0 Å². The van der Waals surface area contributed by atoms with Crippen LogP contribution in [0.5, 0.6) is 5.88 Å². The molecule has 0 aliphatic rings. The van der Waals surface area contributed by atoms with Crippen LogP contribution in [0.2, 0.25) is 5.28 Å². The van der Waals surface area contributed by atoms with E-state index in [1.54, 1.807) is 0 Å². The van der Waals surface area contributed by atoms with Gasteiger partial charge in [0.05, 0.1) is 4.47 Å². The van der Waals surface area contributed by atoms with E-state index in [0.717, 1.165) is 0 Å². The quantitative estimate of drug-likeness (QED) is 0.786. The Bertz CT molecular complexity index is 333. The highest BCUT2D eigenvalue weighted by Crippen LogP contribution is 2.24. The van der Waals surface area contributed by atoms with Crippen LogP contribution in [-0.2, 0) is 0 Å². The van der Waals surface area contributed by atoms with Crippen LogP contribution in [0, 0.1) is 0 Å².